The Morgan fingerprint density at radius 2 is 2.11 bits per heavy atom. The molecular formula is C15H22N4. The molecule has 4 heteroatoms. The van der Waals surface area contributed by atoms with Gasteiger partial charge in [-0.3, -0.25) is 0 Å². The van der Waals surface area contributed by atoms with E-state index in [1.807, 2.05) is 0 Å². The molecule has 2 fully saturated rings. The molecule has 3 aliphatic rings. The van der Waals surface area contributed by atoms with Crippen molar-refractivity contribution in [1.82, 2.24) is 15.3 Å². The first-order chi connectivity index (χ1) is 9.43. The quantitative estimate of drug-likeness (QED) is 0.835. The first-order valence-electron chi connectivity index (χ1n) is 7.73. The maximum absolute atomic E-state index is 4.65. The lowest BCUT2D eigenvalue weighted by Gasteiger charge is -2.40. The molecule has 102 valence electrons. The van der Waals surface area contributed by atoms with E-state index in [1.165, 1.54) is 55.7 Å². The van der Waals surface area contributed by atoms with Crippen LogP contribution < -0.4 is 10.2 Å². The van der Waals surface area contributed by atoms with Gasteiger partial charge in [-0.1, -0.05) is 6.42 Å². The van der Waals surface area contributed by atoms with Crippen molar-refractivity contribution >= 4 is 5.82 Å². The third kappa shape index (κ3) is 1.93. The Bertz CT molecular complexity index is 473. The number of fused-ring (bicyclic) bond motifs is 2. The van der Waals surface area contributed by atoms with Gasteiger partial charge in [0.15, 0.2) is 0 Å². The zero-order valence-electron chi connectivity index (χ0n) is 11.4. The number of aromatic nitrogens is 2. The Balaban J connectivity index is 1.71. The molecule has 0 amide bonds. The van der Waals surface area contributed by atoms with E-state index in [-0.39, 0.29) is 0 Å². The van der Waals surface area contributed by atoms with Gasteiger partial charge in [0.05, 0.1) is 5.69 Å². The van der Waals surface area contributed by atoms with Gasteiger partial charge in [0.25, 0.3) is 0 Å². The summed E-state index contributed by atoms with van der Waals surface area (Å²) in [6, 6.07) is 0.745. The van der Waals surface area contributed by atoms with Crippen LogP contribution in [0.1, 0.15) is 43.4 Å². The summed E-state index contributed by atoms with van der Waals surface area (Å²) in [4.78, 5) is 11.7. The molecule has 2 atom stereocenters. The Labute approximate surface area is 114 Å². The summed E-state index contributed by atoms with van der Waals surface area (Å²) in [5.41, 5.74) is 2.63. The Hall–Kier alpha value is -1.16. The van der Waals surface area contributed by atoms with Crippen LogP contribution in [0, 0.1) is 5.92 Å². The predicted octanol–water partition coefficient (Wildman–Crippen LogP) is 1.89. The normalized spacial score (nSPS) is 30.0. The summed E-state index contributed by atoms with van der Waals surface area (Å²) >= 11 is 0. The van der Waals surface area contributed by atoms with Crippen molar-refractivity contribution in [2.24, 2.45) is 5.92 Å². The third-order valence-electron chi connectivity index (χ3n) is 5.12. The zero-order valence-corrected chi connectivity index (χ0v) is 11.4. The van der Waals surface area contributed by atoms with Crippen molar-refractivity contribution in [2.75, 3.05) is 18.0 Å². The number of hydrogen-bond donors (Lipinski definition) is 1. The molecule has 1 aliphatic carbocycles. The summed E-state index contributed by atoms with van der Waals surface area (Å²) in [6.07, 6.45) is 9.76. The average Bonchev–Trinajstić information content (AvgIpc) is 2.95. The highest BCUT2D eigenvalue weighted by molar-refractivity contribution is 5.51. The van der Waals surface area contributed by atoms with E-state index >= 15 is 0 Å². The molecule has 1 N–H and O–H groups in total. The lowest BCUT2D eigenvalue weighted by atomic mass is 9.91. The molecule has 1 saturated carbocycles. The van der Waals surface area contributed by atoms with Gasteiger partial charge in [-0.05, 0) is 31.6 Å². The molecule has 0 spiro atoms. The van der Waals surface area contributed by atoms with Crippen molar-refractivity contribution < 1.29 is 0 Å². The number of nitrogens with one attached hydrogen (secondary N) is 1. The van der Waals surface area contributed by atoms with Gasteiger partial charge in [-0.25, -0.2) is 9.97 Å². The van der Waals surface area contributed by atoms with Gasteiger partial charge in [0.2, 0.25) is 0 Å². The van der Waals surface area contributed by atoms with Crippen LogP contribution in [0.5, 0.6) is 0 Å². The van der Waals surface area contributed by atoms with Gasteiger partial charge < -0.3 is 10.2 Å². The van der Waals surface area contributed by atoms with Crippen LogP contribution in [-0.4, -0.2) is 29.1 Å². The predicted molar refractivity (Wildman–Crippen MR) is 75.2 cm³/mol. The molecule has 0 aromatic carbocycles. The molecule has 4 rings (SSSR count). The minimum Gasteiger partial charge on any atom is -0.353 e. The van der Waals surface area contributed by atoms with Gasteiger partial charge in [0, 0.05) is 37.7 Å². The number of rotatable bonds is 1. The van der Waals surface area contributed by atoms with E-state index in [0.29, 0.717) is 0 Å². The number of nitrogens with zero attached hydrogens (tertiary/aromatic N) is 3. The molecule has 1 aromatic heterocycles. The summed E-state index contributed by atoms with van der Waals surface area (Å²) < 4.78 is 0. The second-order valence-electron chi connectivity index (χ2n) is 6.14. The highest BCUT2D eigenvalue weighted by Gasteiger charge is 2.36. The van der Waals surface area contributed by atoms with Gasteiger partial charge in [-0.2, -0.15) is 0 Å². The highest BCUT2D eigenvalue weighted by atomic mass is 15.2. The van der Waals surface area contributed by atoms with E-state index in [1.54, 1.807) is 6.33 Å². The molecule has 3 heterocycles. The monoisotopic (exact) mass is 258 g/mol. The largest absolute Gasteiger partial charge is 0.353 e. The topological polar surface area (TPSA) is 41.1 Å². The van der Waals surface area contributed by atoms with Crippen LogP contribution in [-0.2, 0) is 13.0 Å². The summed E-state index contributed by atoms with van der Waals surface area (Å²) in [7, 11) is 0. The van der Waals surface area contributed by atoms with E-state index in [2.05, 4.69) is 20.2 Å². The fraction of sp³-hybridized carbons (Fsp3) is 0.733. The molecule has 19 heavy (non-hydrogen) atoms. The number of anilines is 1. The summed E-state index contributed by atoms with van der Waals surface area (Å²) in [5, 5.41) is 3.47. The van der Waals surface area contributed by atoms with Crippen LogP contribution in [0.25, 0.3) is 0 Å². The van der Waals surface area contributed by atoms with E-state index < -0.39 is 0 Å². The van der Waals surface area contributed by atoms with Crippen LogP contribution >= 0.6 is 0 Å². The minimum atomic E-state index is 0.745. The van der Waals surface area contributed by atoms with Crippen molar-refractivity contribution in [3.05, 3.63) is 17.6 Å². The third-order valence-corrected chi connectivity index (χ3v) is 5.12. The Morgan fingerprint density at radius 3 is 3.11 bits per heavy atom. The second kappa shape index (κ2) is 4.75. The lowest BCUT2D eigenvalue weighted by molar-refractivity contribution is 0.359. The number of hydrogen-bond acceptors (Lipinski definition) is 4. The molecule has 4 nitrogen and oxygen atoms in total. The molecular weight excluding hydrogens is 236 g/mol. The van der Waals surface area contributed by atoms with Crippen molar-refractivity contribution in [3.8, 4) is 0 Å². The van der Waals surface area contributed by atoms with Crippen molar-refractivity contribution in [3.63, 3.8) is 0 Å². The van der Waals surface area contributed by atoms with Crippen LogP contribution in [0.2, 0.25) is 0 Å². The standard InChI is InChI=1S/C15H22N4/c1-3-11-4-2-8-19(14(11)5-1)15-12-9-16-7-6-13(12)17-10-18-15/h10-11,14,16H,1-9H2. The van der Waals surface area contributed by atoms with Gasteiger partial charge in [-0.15, -0.1) is 0 Å². The summed E-state index contributed by atoms with van der Waals surface area (Å²) in [6.45, 7) is 3.18. The minimum absolute atomic E-state index is 0.745. The van der Waals surface area contributed by atoms with Gasteiger partial charge in [0.1, 0.15) is 12.1 Å². The summed E-state index contributed by atoms with van der Waals surface area (Å²) in [5.74, 6) is 2.14. The zero-order chi connectivity index (χ0) is 12.7. The first kappa shape index (κ1) is 11.6. The highest BCUT2D eigenvalue weighted by Crippen LogP contribution is 2.39. The van der Waals surface area contributed by atoms with E-state index in [0.717, 1.165) is 31.5 Å². The lowest BCUT2D eigenvalue weighted by Crippen LogP contribution is -2.44. The average molecular weight is 258 g/mol. The molecule has 1 saturated heterocycles. The molecule has 2 aliphatic heterocycles. The Kier molecular flexibility index (Phi) is 2.91. The van der Waals surface area contributed by atoms with Crippen LogP contribution in [0.3, 0.4) is 0 Å². The molecule has 1 aromatic rings. The fourth-order valence-electron chi connectivity index (χ4n) is 4.22. The van der Waals surface area contributed by atoms with Crippen LogP contribution in [0.15, 0.2) is 6.33 Å². The SMILES string of the molecule is c1nc2c(c(N3CCCC4CCCC43)n1)CNCC2. The maximum Gasteiger partial charge on any atom is 0.137 e. The molecule has 0 radical (unpaired) electrons. The van der Waals surface area contributed by atoms with Crippen molar-refractivity contribution in [2.45, 2.75) is 51.1 Å². The molecule has 0 bridgehead atoms. The van der Waals surface area contributed by atoms with E-state index in [4.69, 9.17) is 0 Å². The van der Waals surface area contributed by atoms with Crippen LogP contribution in [0.4, 0.5) is 5.82 Å². The smallest absolute Gasteiger partial charge is 0.137 e. The Morgan fingerprint density at radius 1 is 1.16 bits per heavy atom. The first-order valence-corrected chi connectivity index (χ1v) is 7.73. The van der Waals surface area contributed by atoms with Gasteiger partial charge >= 0.3 is 0 Å². The second-order valence-corrected chi connectivity index (χ2v) is 6.14. The van der Waals surface area contributed by atoms with E-state index in [9.17, 15) is 0 Å². The maximum atomic E-state index is 4.65. The van der Waals surface area contributed by atoms with Crippen molar-refractivity contribution in [1.29, 1.82) is 0 Å². The number of piperidine rings is 1. The molecule has 2 unspecified atom stereocenters. The fourth-order valence-corrected chi connectivity index (χ4v) is 4.22.